The Morgan fingerprint density at radius 2 is 1.96 bits per heavy atom. The maximum absolute atomic E-state index is 13.2. The maximum atomic E-state index is 13.2. The summed E-state index contributed by atoms with van der Waals surface area (Å²) in [5, 5.41) is 0. The first-order valence-electron chi connectivity index (χ1n) is 9.69. The topological polar surface area (TPSA) is 72.6 Å². The summed E-state index contributed by atoms with van der Waals surface area (Å²) < 4.78 is 11.6. The van der Waals surface area contributed by atoms with Crippen molar-refractivity contribution in [3.05, 3.63) is 41.8 Å². The normalized spacial score (nSPS) is 23.5. The van der Waals surface area contributed by atoms with Gasteiger partial charge in [-0.2, -0.15) is 0 Å². The second kappa shape index (κ2) is 6.22. The van der Waals surface area contributed by atoms with Gasteiger partial charge in [0, 0.05) is 18.5 Å². The van der Waals surface area contributed by atoms with E-state index in [1.807, 2.05) is 35.2 Å². The third-order valence-electron chi connectivity index (χ3n) is 6.13. The molecule has 1 atom stereocenters. The molecule has 1 spiro atoms. The van der Waals surface area contributed by atoms with Gasteiger partial charge >= 0.3 is 5.97 Å². The monoisotopic (exact) mass is 366 g/mol. The van der Waals surface area contributed by atoms with Crippen molar-refractivity contribution in [3.63, 3.8) is 0 Å². The molecule has 140 valence electrons. The van der Waals surface area contributed by atoms with Crippen molar-refractivity contribution < 1.29 is 18.7 Å². The Bertz CT molecular complexity index is 883. The molecule has 1 unspecified atom stereocenters. The lowest BCUT2D eigenvalue weighted by molar-refractivity contribution is -0.152. The van der Waals surface area contributed by atoms with Crippen LogP contribution in [0.25, 0.3) is 11.5 Å². The van der Waals surface area contributed by atoms with Gasteiger partial charge in [-0.3, -0.25) is 9.59 Å². The fourth-order valence-corrected chi connectivity index (χ4v) is 4.74. The smallest absolute Gasteiger partial charge is 0.307 e. The van der Waals surface area contributed by atoms with E-state index in [-0.39, 0.29) is 24.2 Å². The van der Waals surface area contributed by atoms with Gasteiger partial charge in [0.1, 0.15) is 17.1 Å². The maximum Gasteiger partial charge on any atom is 0.307 e. The van der Waals surface area contributed by atoms with Crippen LogP contribution in [-0.4, -0.2) is 33.9 Å². The van der Waals surface area contributed by atoms with Crippen molar-refractivity contribution in [1.29, 1.82) is 0 Å². The highest BCUT2D eigenvalue weighted by Crippen LogP contribution is 2.46. The molecule has 1 aliphatic carbocycles. The van der Waals surface area contributed by atoms with E-state index in [0.29, 0.717) is 25.4 Å². The van der Waals surface area contributed by atoms with Crippen LogP contribution in [0, 0.1) is 5.92 Å². The van der Waals surface area contributed by atoms with E-state index >= 15 is 0 Å². The summed E-state index contributed by atoms with van der Waals surface area (Å²) >= 11 is 0. The fraction of sp³-hybridized carbons (Fsp3) is 0.476. The van der Waals surface area contributed by atoms with Gasteiger partial charge in [0.25, 0.3) is 0 Å². The lowest BCUT2D eigenvalue weighted by Crippen LogP contribution is -2.46. The fourth-order valence-electron chi connectivity index (χ4n) is 4.74. The van der Waals surface area contributed by atoms with Crippen LogP contribution in [0.5, 0.6) is 0 Å². The number of benzene rings is 1. The van der Waals surface area contributed by atoms with E-state index in [9.17, 15) is 9.59 Å². The zero-order chi connectivity index (χ0) is 18.4. The van der Waals surface area contributed by atoms with E-state index in [4.69, 9.17) is 9.15 Å². The molecule has 27 heavy (non-hydrogen) atoms. The Balaban J connectivity index is 1.37. The molecule has 0 N–H and O–H groups in total. The predicted octanol–water partition coefficient (Wildman–Crippen LogP) is 3.10. The van der Waals surface area contributed by atoms with Crippen LogP contribution in [0.4, 0.5) is 0 Å². The highest BCUT2D eigenvalue weighted by molar-refractivity contribution is 5.88. The van der Waals surface area contributed by atoms with E-state index in [2.05, 4.69) is 4.98 Å². The molecule has 2 aliphatic heterocycles. The number of carbonyl (C=O) groups is 2. The molecular formula is C21H22N2O4. The Hall–Kier alpha value is -2.63. The van der Waals surface area contributed by atoms with Gasteiger partial charge in [0.05, 0.1) is 18.9 Å². The van der Waals surface area contributed by atoms with Crippen LogP contribution in [0.15, 0.2) is 34.7 Å². The van der Waals surface area contributed by atoms with E-state index in [1.165, 1.54) is 0 Å². The van der Waals surface area contributed by atoms with Gasteiger partial charge in [-0.1, -0.05) is 18.2 Å². The van der Waals surface area contributed by atoms with Crippen LogP contribution >= 0.6 is 0 Å². The summed E-state index contributed by atoms with van der Waals surface area (Å²) in [4.78, 5) is 31.6. The van der Waals surface area contributed by atoms with E-state index in [0.717, 1.165) is 42.7 Å². The van der Waals surface area contributed by atoms with Gasteiger partial charge < -0.3 is 14.1 Å². The molecular weight excluding hydrogens is 344 g/mol. The molecule has 0 bridgehead atoms. The van der Waals surface area contributed by atoms with Gasteiger partial charge in [0.2, 0.25) is 11.8 Å². The molecule has 2 aromatic rings. The molecule has 1 amide bonds. The van der Waals surface area contributed by atoms with Crippen molar-refractivity contribution in [1.82, 2.24) is 9.88 Å². The van der Waals surface area contributed by atoms with Crippen molar-refractivity contribution in [3.8, 4) is 11.5 Å². The molecule has 1 saturated heterocycles. The van der Waals surface area contributed by atoms with Crippen LogP contribution in [-0.2, 0) is 27.3 Å². The molecule has 1 aromatic heterocycles. The highest BCUT2D eigenvalue weighted by Gasteiger charge is 2.55. The number of fused-ring (bicyclic) bond motifs is 1. The third-order valence-corrected chi connectivity index (χ3v) is 6.13. The minimum atomic E-state index is -0.562. The first kappa shape index (κ1) is 16.5. The molecule has 6 nitrogen and oxygen atoms in total. The van der Waals surface area contributed by atoms with Gasteiger partial charge in [-0.05, 0) is 37.8 Å². The quantitative estimate of drug-likeness (QED) is 0.764. The average Bonchev–Trinajstić information content (AvgIpc) is 3.40. The van der Waals surface area contributed by atoms with Crippen LogP contribution < -0.4 is 0 Å². The summed E-state index contributed by atoms with van der Waals surface area (Å²) in [5.41, 5.74) is 1.19. The Morgan fingerprint density at radius 3 is 2.74 bits per heavy atom. The number of nitrogens with zero attached hydrogens (tertiary/aromatic N) is 2. The van der Waals surface area contributed by atoms with Crippen molar-refractivity contribution >= 4 is 11.9 Å². The summed E-state index contributed by atoms with van der Waals surface area (Å²) in [5.74, 6) is 0.890. The van der Waals surface area contributed by atoms with Crippen LogP contribution in [0.3, 0.4) is 0 Å². The van der Waals surface area contributed by atoms with Crippen LogP contribution in [0.1, 0.15) is 43.6 Å². The molecule has 0 radical (unpaired) electrons. The van der Waals surface area contributed by atoms with Crippen molar-refractivity contribution in [2.75, 3.05) is 6.54 Å². The van der Waals surface area contributed by atoms with Crippen molar-refractivity contribution in [2.24, 2.45) is 5.92 Å². The standard InChI is InChI=1S/C21H22N2O4/c24-18-12-15(21(27-18)9-4-5-10-21)20(25)23-11-8-17-16(13-23)22-19(26-17)14-6-2-1-3-7-14/h1-3,6-7,15H,4-5,8-13H2. The number of hydrogen-bond acceptors (Lipinski definition) is 5. The zero-order valence-electron chi connectivity index (χ0n) is 15.1. The largest absolute Gasteiger partial charge is 0.458 e. The first-order valence-corrected chi connectivity index (χ1v) is 9.69. The number of hydrogen-bond donors (Lipinski definition) is 0. The minimum absolute atomic E-state index is 0.0256. The molecule has 1 saturated carbocycles. The Kier molecular flexibility index (Phi) is 3.81. The summed E-state index contributed by atoms with van der Waals surface area (Å²) in [6.45, 7) is 1.03. The minimum Gasteiger partial charge on any atom is -0.458 e. The average molecular weight is 366 g/mol. The molecule has 1 aromatic carbocycles. The van der Waals surface area contributed by atoms with Gasteiger partial charge in [-0.25, -0.2) is 4.98 Å². The van der Waals surface area contributed by atoms with E-state index < -0.39 is 5.60 Å². The number of oxazole rings is 1. The van der Waals surface area contributed by atoms with E-state index in [1.54, 1.807) is 0 Å². The second-order valence-electron chi connectivity index (χ2n) is 7.77. The molecule has 6 heteroatoms. The second-order valence-corrected chi connectivity index (χ2v) is 7.77. The van der Waals surface area contributed by atoms with Crippen LogP contribution in [0.2, 0.25) is 0 Å². The lowest BCUT2D eigenvalue weighted by Gasteiger charge is -2.33. The number of esters is 1. The summed E-state index contributed by atoms with van der Waals surface area (Å²) in [7, 11) is 0. The SMILES string of the molecule is O=C1CC(C(=O)N2CCc3oc(-c4ccccc4)nc3C2)C2(CCCC2)O1. The Labute approximate surface area is 157 Å². The highest BCUT2D eigenvalue weighted by atomic mass is 16.6. The summed E-state index contributed by atoms with van der Waals surface area (Å²) in [6.07, 6.45) is 4.49. The molecule has 2 fully saturated rings. The van der Waals surface area contributed by atoms with Gasteiger partial charge in [-0.15, -0.1) is 0 Å². The molecule has 3 aliphatic rings. The third kappa shape index (κ3) is 2.74. The number of ether oxygens (including phenoxy) is 1. The number of aromatic nitrogens is 1. The lowest BCUT2D eigenvalue weighted by atomic mass is 9.84. The number of rotatable bonds is 2. The van der Waals surface area contributed by atoms with Gasteiger partial charge in [0.15, 0.2) is 0 Å². The molecule has 5 rings (SSSR count). The Morgan fingerprint density at radius 1 is 1.19 bits per heavy atom. The zero-order valence-corrected chi connectivity index (χ0v) is 15.1. The number of carbonyl (C=O) groups excluding carboxylic acids is 2. The molecule has 3 heterocycles. The first-order chi connectivity index (χ1) is 13.1. The van der Waals surface area contributed by atoms with Crippen molar-refractivity contribution in [2.45, 2.75) is 50.7 Å². The summed E-state index contributed by atoms with van der Waals surface area (Å²) in [6, 6.07) is 9.78. The predicted molar refractivity (Wildman–Crippen MR) is 96.5 cm³/mol. The number of amides is 1.